The van der Waals surface area contributed by atoms with Gasteiger partial charge in [0.25, 0.3) is 0 Å². The van der Waals surface area contributed by atoms with Crippen LogP contribution in [0, 0.1) is 11.3 Å². The van der Waals surface area contributed by atoms with E-state index in [9.17, 15) is 4.79 Å². The van der Waals surface area contributed by atoms with Gasteiger partial charge in [-0.1, -0.05) is 0 Å². The van der Waals surface area contributed by atoms with Crippen LogP contribution in [-0.2, 0) is 21.9 Å². The Morgan fingerprint density at radius 1 is 1.27 bits per heavy atom. The molecule has 0 fully saturated rings. The summed E-state index contributed by atoms with van der Waals surface area (Å²) >= 11 is 0. The van der Waals surface area contributed by atoms with Crippen LogP contribution >= 0.6 is 0 Å². The average Bonchev–Trinajstić information content (AvgIpc) is 2.05. The molecular weight excluding hydrogens is 181 g/mol. The first-order valence-electron chi connectivity index (χ1n) is 2.75. The van der Waals surface area contributed by atoms with Crippen molar-refractivity contribution < 1.29 is 21.9 Å². The smallest absolute Gasteiger partial charge is 0.0969 e. The number of benzene rings is 1. The molecule has 0 amide bonds. The van der Waals surface area contributed by atoms with Crippen LogP contribution in [0.1, 0.15) is 11.1 Å². The zero-order chi connectivity index (χ0) is 7.40. The average molecular weight is 185 g/mol. The van der Waals surface area contributed by atoms with Crippen LogP contribution in [0.4, 0.5) is 0 Å². The van der Waals surface area contributed by atoms with Gasteiger partial charge in [-0.3, -0.25) is 0 Å². The van der Waals surface area contributed by atoms with Gasteiger partial charge in [0.15, 0.2) is 0 Å². The van der Waals surface area contributed by atoms with Crippen LogP contribution in [0.15, 0.2) is 24.3 Å². The van der Waals surface area contributed by atoms with Crippen molar-refractivity contribution in [2.75, 3.05) is 0 Å². The molecule has 0 aliphatic heterocycles. The van der Waals surface area contributed by atoms with Gasteiger partial charge < -0.3 is 4.79 Å². The molecule has 0 unspecified atom stereocenters. The fourth-order valence-corrected chi connectivity index (χ4v) is 0.613. The summed E-state index contributed by atoms with van der Waals surface area (Å²) in [7, 11) is 0. The Bertz CT molecular complexity index is 273. The quantitative estimate of drug-likeness (QED) is 0.484. The van der Waals surface area contributed by atoms with Crippen molar-refractivity contribution in [3.63, 3.8) is 0 Å². The van der Waals surface area contributed by atoms with Gasteiger partial charge in [0.05, 0.1) is 12.4 Å². The summed E-state index contributed by atoms with van der Waals surface area (Å²) in [5.41, 5.74) is 1.03. The molecule has 2 nitrogen and oxygen atoms in total. The molecule has 55 valence electrons. The van der Waals surface area contributed by atoms with Crippen molar-refractivity contribution in [2.24, 2.45) is 0 Å². The number of hydrogen-bond acceptors (Lipinski definition) is 2. The van der Waals surface area contributed by atoms with Crippen LogP contribution in [0.3, 0.4) is 0 Å². The Kier molecular flexibility index (Phi) is 4.21. The predicted molar refractivity (Wildman–Crippen MR) is 36.0 cm³/mol. The first-order chi connectivity index (χ1) is 4.86. The molecule has 11 heavy (non-hydrogen) atoms. The molecular formula is C8H4MnNO-. The Morgan fingerprint density at radius 2 is 1.82 bits per heavy atom. The van der Waals surface area contributed by atoms with E-state index in [2.05, 4.69) is 0 Å². The minimum Gasteiger partial charge on any atom is -0.376 e. The van der Waals surface area contributed by atoms with E-state index in [0.29, 0.717) is 11.1 Å². The largest absolute Gasteiger partial charge is 0.376 e. The summed E-state index contributed by atoms with van der Waals surface area (Å²) in [5, 5.41) is 8.35. The summed E-state index contributed by atoms with van der Waals surface area (Å²) in [6.07, 6.45) is 1.72. The van der Waals surface area contributed by atoms with Gasteiger partial charge in [-0.2, -0.15) is 23.0 Å². The maximum absolute atomic E-state index is 10.00. The fourth-order valence-electron chi connectivity index (χ4n) is 0.613. The number of nitrogens with zero attached hydrogens (tertiary/aromatic N) is 1. The molecule has 0 aliphatic rings. The van der Waals surface area contributed by atoms with E-state index in [-0.39, 0.29) is 17.1 Å². The van der Waals surface area contributed by atoms with Gasteiger partial charge in [0.2, 0.25) is 0 Å². The summed E-state index contributed by atoms with van der Waals surface area (Å²) in [5.74, 6) is 0. The fraction of sp³-hybridized carbons (Fsp3) is 0. The summed E-state index contributed by atoms with van der Waals surface area (Å²) in [4.78, 5) is 10.00. The monoisotopic (exact) mass is 185 g/mol. The second-order valence-corrected chi connectivity index (χ2v) is 1.79. The maximum Gasteiger partial charge on any atom is 0.0969 e. The van der Waals surface area contributed by atoms with Crippen LogP contribution < -0.4 is 0 Å². The molecule has 0 aromatic heterocycles. The summed E-state index contributed by atoms with van der Waals surface area (Å²) in [6.45, 7) is 0. The van der Waals surface area contributed by atoms with Gasteiger partial charge in [-0.15, -0.1) is 12.1 Å². The minimum atomic E-state index is 0. The van der Waals surface area contributed by atoms with E-state index < -0.39 is 0 Å². The van der Waals surface area contributed by atoms with E-state index in [0.717, 1.165) is 0 Å². The molecule has 0 aliphatic carbocycles. The molecule has 0 saturated heterocycles. The zero-order valence-corrected chi connectivity index (χ0v) is 6.72. The molecule has 0 saturated carbocycles. The molecule has 0 heterocycles. The number of carbonyl (C=O) groups excluding carboxylic acids is 1. The Labute approximate surface area is 75.3 Å². The van der Waals surface area contributed by atoms with E-state index >= 15 is 0 Å². The standard InChI is InChI=1S/C8H4NO.Mn/c9-5-7-1-3-8(6-10)4-2-7;/h1-4H;/q-1;. The molecule has 1 radical (unpaired) electrons. The molecule has 1 aromatic rings. The second kappa shape index (κ2) is 4.67. The van der Waals surface area contributed by atoms with Crippen molar-refractivity contribution in [3.05, 3.63) is 35.4 Å². The van der Waals surface area contributed by atoms with Crippen molar-refractivity contribution in [3.8, 4) is 6.07 Å². The van der Waals surface area contributed by atoms with Gasteiger partial charge in [-0.05, 0) is 0 Å². The van der Waals surface area contributed by atoms with Gasteiger partial charge in [0.1, 0.15) is 0 Å². The third-order valence-corrected chi connectivity index (χ3v) is 1.13. The normalized spacial score (nSPS) is 7.55. The van der Waals surface area contributed by atoms with Crippen molar-refractivity contribution >= 4 is 6.29 Å². The Hall–Kier alpha value is -1.10. The number of hydrogen-bond donors (Lipinski definition) is 0. The first kappa shape index (κ1) is 9.90. The summed E-state index contributed by atoms with van der Waals surface area (Å²) < 4.78 is 0. The minimum absolute atomic E-state index is 0. The Morgan fingerprint density at radius 3 is 2.18 bits per heavy atom. The van der Waals surface area contributed by atoms with Crippen LogP contribution in [0.25, 0.3) is 0 Å². The van der Waals surface area contributed by atoms with E-state index in [1.54, 1.807) is 30.6 Å². The topological polar surface area (TPSA) is 40.9 Å². The number of nitriles is 1. The van der Waals surface area contributed by atoms with Gasteiger partial charge in [0, 0.05) is 22.6 Å². The first-order valence-corrected chi connectivity index (χ1v) is 2.75. The van der Waals surface area contributed by atoms with E-state index in [1.165, 1.54) is 0 Å². The number of rotatable bonds is 1. The molecule has 0 spiro atoms. The molecule has 0 N–H and O–H groups in total. The van der Waals surface area contributed by atoms with Crippen molar-refractivity contribution in [1.29, 1.82) is 5.26 Å². The second-order valence-electron chi connectivity index (χ2n) is 1.79. The Balaban J connectivity index is 0.000001000. The van der Waals surface area contributed by atoms with Crippen LogP contribution in [0.5, 0.6) is 0 Å². The third-order valence-electron chi connectivity index (χ3n) is 1.13. The van der Waals surface area contributed by atoms with Crippen LogP contribution in [-0.4, -0.2) is 6.29 Å². The summed E-state index contributed by atoms with van der Waals surface area (Å²) in [6, 6.07) is 8.24. The predicted octanol–water partition coefficient (Wildman–Crippen LogP) is 1.01. The molecule has 0 bridgehead atoms. The molecule has 0 atom stereocenters. The SMILES string of the molecule is N#Cc1ccc([C-]=O)cc1.[Mn]. The van der Waals surface area contributed by atoms with Gasteiger partial charge in [-0.25, -0.2) is 0 Å². The van der Waals surface area contributed by atoms with E-state index in [1.807, 2.05) is 6.07 Å². The maximum atomic E-state index is 10.00. The molecule has 1 aromatic carbocycles. The van der Waals surface area contributed by atoms with Crippen molar-refractivity contribution in [2.45, 2.75) is 0 Å². The van der Waals surface area contributed by atoms with Crippen LogP contribution in [0.2, 0.25) is 0 Å². The third kappa shape index (κ3) is 2.55. The molecule has 3 heteroatoms. The van der Waals surface area contributed by atoms with Gasteiger partial charge >= 0.3 is 0 Å². The zero-order valence-electron chi connectivity index (χ0n) is 5.54. The molecule has 1 rings (SSSR count). The van der Waals surface area contributed by atoms with Crippen molar-refractivity contribution in [1.82, 2.24) is 0 Å². The van der Waals surface area contributed by atoms with E-state index in [4.69, 9.17) is 5.26 Å².